The summed E-state index contributed by atoms with van der Waals surface area (Å²) in [5.74, 6) is 0.673. The third-order valence-electron chi connectivity index (χ3n) is 4.28. The van der Waals surface area contributed by atoms with E-state index in [0.29, 0.717) is 23.1 Å². The van der Waals surface area contributed by atoms with E-state index in [1.807, 2.05) is 42.7 Å². The highest BCUT2D eigenvalue weighted by atomic mass is 35.5. The molecule has 1 aliphatic rings. The molecule has 1 amide bonds. The van der Waals surface area contributed by atoms with Crippen molar-refractivity contribution in [3.8, 4) is 0 Å². The molecule has 0 saturated carbocycles. The van der Waals surface area contributed by atoms with Crippen molar-refractivity contribution in [2.24, 2.45) is 0 Å². The van der Waals surface area contributed by atoms with E-state index in [4.69, 9.17) is 11.6 Å². The first-order chi connectivity index (χ1) is 11.5. The van der Waals surface area contributed by atoms with Crippen molar-refractivity contribution in [3.05, 3.63) is 40.7 Å². The maximum atomic E-state index is 13.0. The van der Waals surface area contributed by atoms with E-state index in [0.717, 1.165) is 24.9 Å². The van der Waals surface area contributed by atoms with Crippen molar-refractivity contribution in [3.63, 3.8) is 0 Å². The molecule has 3 rings (SSSR count). The zero-order valence-corrected chi connectivity index (χ0v) is 15.0. The lowest BCUT2D eigenvalue weighted by molar-refractivity contribution is 0.0715. The van der Waals surface area contributed by atoms with Gasteiger partial charge in [-0.05, 0) is 25.3 Å². The van der Waals surface area contributed by atoms with Crippen LogP contribution in [0, 0.1) is 6.92 Å². The Bertz CT molecular complexity index is 742. The minimum Gasteiger partial charge on any atom is -0.332 e. The summed E-state index contributed by atoms with van der Waals surface area (Å²) in [6.45, 7) is 7.42. The van der Waals surface area contributed by atoms with Gasteiger partial charge in [0.1, 0.15) is 5.82 Å². The predicted octanol–water partition coefficient (Wildman–Crippen LogP) is 3.06. The number of carbonyl (C=O) groups is 1. The van der Waals surface area contributed by atoms with Crippen LogP contribution in [0.25, 0.3) is 0 Å². The van der Waals surface area contributed by atoms with Crippen molar-refractivity contribution in [1.82, 2.24) is 24.6 Å². The molecule has 0 aliphatic carbocycles. The molecule has 24 heavy (non-hydrogen) atoms. The van der Waals surface area contributed by atoms with E-state index in [9.17, 15) is 4.79 Å². The third kappa shape index (κ3) is 3.43. The predicted molar refractivity (Wildman–Crippen MR) is 92.2 cm³/mol. The van der Waals surface area contributed by atoms with E-state index in [1.165, 1.54) is 6.20 Å². The van der Waals surface area contributed by atoms with E-state index in [2.05, 4.69) is 15.1 Å². The Hall–Kier alpha value is -1.95. The molecular weight excluding hydrogens is 326 g/mol. The van der Waals surface area contributed by atoms with Crippen LogP contribution in [0.3, 0.4) is 0 Å². The number of rotatable bonds is 4. The SMILES string of the molecule is Cc1cnn(C[C@H]2CCCN2C(=O)c2nc(C(C)C)ncc2Cl)c1. The first-order valence-electron chi connectivity index (χ1n) is 8.28. The Labute approximate surface area is 146 Å². The van der Waals surface area contributed by atoms with Gasteiger partial charge in [-0.25, -0.2) is 9.97 Å². The van der Waals surface area contributed by atoms with Gasteiger partial charge in [-0.1, -0.05) is 25.4 Å². The molecule has 0 aromatic carbocycles. The fourth-order valence-corrected chi connectivity index (χ4v) is 3.19. The molecule has 0 bridgehead atoms. The van der Waals surface area contributed by atoms with Crippen LogP contribution in [0.4, 0.5) is 0 Å². The van der Waals surface area contributed by atoms with Gasteiger partial charge in [0.05, 0.1) is 30.0 Å². The molecule has 2 aromatic heterocycles. The molecule has 1 fully saturated rings. The highest BCUT2D eigenvalue weighted by Crippen LogP contribution is 2.24. The minimum absolute atomic E-state index is 0.115. The fourth-order valence-electron chi connectivity index (χ4n) is 3.02. The van der Waals surface area contributed by atoms with Crippen LogP contribution in [-0.2, 0) is 6.54 Å². The van der Waals surface area contributed by atoms with Crippen LogP contribution in [0.15, 0.2) is 18.6 Å². The van der Waals surface area contributed by atoms with Gasteiger partial charge in [-0.3, -0.25) is 9.48 Å². The monoisotopic (exact) mass is 347 g/mol. The Morgan fingerprint density at radius 3 is 2.88 bits per heavy atom. The highest BCUT2D eigenvalue weighted by molar-refractivity contribution is 6.33. The smallest absolute Gasteiger partial charge is 0.274 e. The van der Waals surface area contributed by atoms with Gasteiger partial charge < -0.3 is 4.90 Å². The van der Waals surface area contributed by atoms with Crippen LogP contribution in [0.5, 0.6) is 0 Å². The third-order valence-corrected chi connectivity index (χ3v) is 4.56. The maximum absolute atomic E-state index is 13.0. The average molecular weight is 348 g/mol. The lowest BCUT2D eigenvalue weighted by atomic mass is 10.2. The summed E-state index contributed by atoms with van der Waals surface area (Å²) in [6, 6.07) is 0.116. The number of hydrogen-bond acceptors (Lipinski definition) is 4. The molecule has 6 nitrogen and oxygen atoms in total. The zero-order chi connectivity index (χ0) is 17.3. The fraction of sp³-hybridized carbons (Fsp3) is 0.529. The standard InChI is InChI=1S/C17H22ClN5O/c1-11(2)16-19-8-14(18)15(21-16)17(24)23-6-4-5-13(23)10-22-9-12(3)7-20-22/h7-9,11,13H,4-6,10H2,1-3H3/t13-/m1/s1. The van der Waals surface area contributed by atoms with Crippen molar-refractivity contribution < 1.29 is 4.79 Å². The average Bonchev–Trinajstić information content (AvgIpc) is 3.16. The van der Waals surface area contributed by atoms with Gasteiger partial charge in [0.25, 0.3) is 5.91 Å². The molecule has 1 aliphatic heterocycles. The molecule has 7 heteroatoms. The van der Waals surface area contributed by atoms with Crippen LogP contribution >= 0.6 is 11.6 Å². The number of hydrogen-bond donors (Lipinski definition) is 0. The molecule has 1 atom stereocenters. The molecule has 0 radical (unpaired) electrons. The van der Waals surface area contributed by atoms with Gasteiger partial charge in [0.2, 0.25) is 0 Å². The second-order valence-corrected chi connectivity index (χ2v) is 7.02. The van der Waals surface area contributed by atoms with E-state index < -0.39 is 0 Å². The zero-order valence-electron chi connectivity index (χ0n) is 14.2. The molecule has 2 aromatic rings. The molecular formula is C17H22ClN5O. The molecule has 0 N–H and O–H groups in total. The van der Waals surface area contributed by atoms with Gasteiger partial charge in [-0.15, -0.1) is 0 Å². The van der Waals surface area contributed by atoms with Gasteiger partial charge >= 0.3 is 0 Å². The number of likely N-dealkylation sites (tertiary alicyclic amines) is 1. The summed E-state index contributed by atoms with van der Waals surface area (Å²) in [4.78, 5) is 23.5. The van der Waals surface area contributed by atoms with Crippen molar-refractivity contribution in [2.75, 3.05) is 6.54 Å². The largest absolute Gasteiger partial charge is 0.332 e. The first-order valence-corrected chi connectivity index (χ1v) is 8.66. The van der Waals surface area contributed by atoms with Crippen LogP contribution in [0.2, 0.25) is 5.02 Å². The summed E-state index contributed by atoms with van der Waals surface area (Å²) >= 11 is 6.20. The van der Waals surface area contributed by atoms with Crippen molar-refractivity contribution >= 4 is 17.5 Å². The normalized spacial score (nSPS) is 17.7. The van der Waals surface area contributed by atoms with Crippen LogP contribution < -0.4 is 0 Å². The second kappa shape index (κ2) is 6.89. The Balaban J connectivity index is 1.82. The lowest BCUT2D eigenvalue weighted by Crippen LogP contribution is -2.39. The van der Waals surface area contributed by atoms with E-state index >= 15 is 0 Å². The first kappa shape index (κ1) is 16.9. The number of aryl methyl sites for hydroxylation is 1. The number of aromatic nitrogens is 4. The molecule has 128 valence electrons. The number of nitrogens with zero attached hydrogens (tertiary/aromatic N) is 5. The summed E-state index contributed by atoms with van der Waals surface area (Å²) in [5, 5.41) is 4.64. The molecule has 0 spiro atoms. The number of halogens is 1. The van der Waals surface area contributed by atoms with Crippen molar-refractivity contribution in [2.45, 2.75) is 52.1 Å². The summed E-state index contributed by atoms with van der Waals surface area (Å²) < 4.78 is 1.90. The van der Waals surface area contributed by atoms with Gasteiger partial charge in [0.15, 0.2) is 5.69 Å². The lowest BCUT2D eigenvalue weighted by Gasteiger charge is -2.25. The highest BCUT2D eigenvalue weighted by Gasteiger charge is 2.32. The van der Waals surface area contributed by atoms with Crippen LogP contribution in [-0.4, -0.2) is 43.1 Å². The topological polar surface area (TPSA) is 63.9 Å². The second-order valence-electron chi connectivity index (χ2n) is 6.61. The Morgan fingerprint density at radius 2 is 2.21 bits per heavy atom. The summed E-state index contributed by atoms with van der Waals surface area (Å²) in [6.07, 6.45) is 7.30. The van der Waals surface area contributed by atoms with E-state index in [1.54, 1.807) is 0 Å². The number of carbonyl (C=O) groups excluding carboxylic acids is 1. The van der Waals surface area contributed by atoms with Gasteiger partial charge in [-0.2, -0.15) is 5.10 Å². The summed E-state index contributed by atoms with van der Waals surface area (Å²) in [7, 11) is 0. The van der Waals surface area contributed by atoms with Gasteiger partial charge in [0, 0.05) is 18.7 Å². The number of amides is 1. The van der Waals surface area contributed by atoms with Crippen molar-refractivity contribution in [1.29, 1.82) is 0 Å². The molecule has 0 unspecified atom stereocenters. The van der Waals surface area contributed by atoms with E-state index in [-0.39, 0.29) is 17.9 Å². The molecule has 1 saturated heterocycles. The minimum atomic E-state index is -0.115. The Kier molecular flexibility index (Phi) is 4.85. The summed E-state index contributed by atoms with van der Waals surface area (Å²) in [5.41, 5.74) is 1.42. The van der Waals surface area contributed by atoms with Crippen LogP contribution in [0.1, 0.15) is 54.5 Å². The molecule has 3 heterocycles. The quantitative estimate of drug-likeness (QED) is 0.852. The maximum Gasteiger partial charge on any atom is 0.274 e. The Morgan fingerprint density at radius 1 is 1.42 bits per heavy atom.